The molecule has 0 bridgehead atoms. The number of ether oxygens (including phenoxy) is 1. The molecule has 11 heteroatoms. The Hall–Kier alpha value is -3.89. The van der Waals surface area contributed by atoms with E-state index in [4.69, 9.17) is 4.74 Å². The molecular formula is C25H15F7NO3-. The van der Waals surface area contributed by atoms with Crippen molar-refractivity contribution in [3.63, 3.8) is 0 Å². The highest BCUT2D eigenvalue weighted by atomic mass is 19.4. The largest absolute Gasteiger partial charge is 0.545 e. The molecule has 1 heterocycles. The van der Waals surface area contributed by atoms with E-state index in [0.29, 0.717) is 42.3 Å². The molecule has 2 aromatic carbocycles. The van der Waals surface area contributed by atoms with E-state index in [2.05, 4.69) is 4.98 Å². The van der Waals surface area contributed by atoms with Gasteiger partial charge in [0.25, 0.3) is 0 Å². The standard InChI is InChI=1S/C25H16F7NO3/c26-19-5-4-12(8-17(19)24(34)35)14-2-1-3-15(14)16-9-13(25(30,31)32)10-33-23(16)36-11-18-20(27)6-7-21(28)22(18)29/h4-10H,1-3,11H2,(H,34,35)/p-1. The summed E-state index contributed by atoms with van der Waals surface area (Å²) in [6.07, 6.45) is -3.28. The first-order chi connectivity index (χ1) is 17.0. The van der Waals surface area contributed by atoms with Gasteiger partial charge in [-0.25, -0.2) is 22.5 Å². The normalized spacial score (nSPS) is 13.9. The Morgan fingerprint density at radius 3 is 2.31 bits per heavy atom. The van der Waals surface area contributed by atoms with Gasteiger partial charge in [-0.1, -0.05) is 6.07 Å². The number of alkyl halides is 3. The van der Waals surface area contributed by atoms with E-state index in [1.807, 2.05) is 0 Å². The van der Waals surface area contributed by atoms with Crippen molar-refractivity contribution in [2.45, 2.75) is 32.0 Å². The first kappa shape index (κ1) is 25.2. The summed E-state index contributed by atoms with van der Waals surface area (Å²) in [5.41, 5.74) is -1.79. The maximum absolute atomic E-state index is 14.0. The van der Waals surface area contributed by atoms with E-state index in [-0.39, 0.29) is 17.5 Å². The molecule has 0 spiro atoms. The molecule has 0 amide bonds. The van der Waals surface area contributed by atoms with Crippen LogP contribution in [0.1, 0.15) is 51.9 Å². The lowest BCUT2D eigenvalue weighted by Gasteiger charge is -2.17. The molecule has 0 unspecified atom stereocenters. The van der Waals surface area contributed by atoms with Crippen LogP contribution in [0.25, 0.3) is 11.1 Å². The number of hydrogen-bond acceptors (Lipinski definition) is 4. The van der Waals surface area contributed by atoms with Crippen LogP contribution in [0.5, 0.6) is 5.88 Å². The van der Waals surface area contributed by atoms with E-state index < -0.39 is 64.6 Å². The van der Waals surface area contributed by atoms with E-state index in [1.54, 1.807) is 0 Å². The summed E-state index contributed by atoms with van der Waals surface area (Å²) in [6.45, 7) is -0.866. The van der Waals surface area contributed by atoms with Crippen molar-refractivity contribution in [2.24, 2.45) is 0 Å². The number of nitrogens with zero attached hydrogens (tertiary/aromatic N) is 1. The molecule has 3 aromatic rings. The molecule has 36 heavy (non-hydrogen) atoms. The van der Waals surface area contributed by atoms with Gasteiger partial charge >= 0.3 is 6.18 Å². The van der Waals surface area contributed by atoms with Gasteiger partial charge in [-0.3, -0.25) is 0 Å². The van der Waals surface area contributed by atoms with Crippen LogP contribution < -0.4 is 9.84 Å². The lowest BCUT2D eigenvalue weighted by Crippen LogP contribution is -2.23. The van der Waals surface area contributed by atoms with Crippen LogP contribution >= 0.6 is 0 Å². The number of carbonyl (C=O) groups is 1. The number of pyridine rings is 1. The second-order valence-electron chi connectivity index (χ2n) is 7.98. The summed E-state index contributed by atoms with van der Waals surface area (Å²) in [7, 11) is 0. The van der Waals surface area contributed by atoms with Crippen LogP contribution in [-0.4, -0.2) is 11.0 Å². The third-order valence-electron chi connectivity index (χ3n) is 5.75. The molecule has 0 radical (unpaired) electrons. The summed E-state index contributed by atoms with van der Waals surface area (Å²) >= 11 is 0. The average molecular weight is 510 g/mol. The molecule has 0 saturated carbocycles. The van der Waals surface area contributed by atoms with Crippen LogP contribution in [0.2, 0.25) is 0 Å². The van der Waals surface area contributed by atoms with Gasteiger partial charge in [0, 0.05) is 17.3 Å². The highest BCUT2D eigenvalue weighted by Gasteiger charge is 2.33. The number of carbonyl (C=O) groups excluding carboxylic acids is 1. The molecule has 0 atom stereocenters. The van der Waals surface area contributed by atoms with Crippen molar-refractivity contribution in [1.29, 1.82) is 0 Å². The number of carboxylic acids is 1. The summed E-state index contributed by atoms with van der Waals surface area (Å²) in [5.74, 6) is -7.17. The number of aromatic carboxylic acids is 1. The number of benzene rings is 2. The molecule has 188 valence electrons. The third kappa shape index (κ3) is 4.91. The van der Waals surface area contributed by atoms with Gasteiger partial charge in [0.2, 0.25) is 5.88 Å². The quantitative estimate of drug-likeness (QED) is 0.316. The molecular weight excluding hydrogens is 495 g/mol. The van der Waals surface area contributed by atoms with Crippen molar-refractivity contribution in [3.8, 4) is 5.88 Å². The van der Waals surface area contributed by atoms with Crippen LogP contribution in [-0.2, 0) is 12.8 Å². The predicted molar refractivity (Wildman–Crippen MR) is 111 cm³/mol. The lowest BCUT2D eigenvalue weighted by molar-refractivity contribution is -0.255. The van der Waals surface area contributed by atoms with E-state index in [1.165, 1.54) is 6.07 Å². The zero-order valence-corrected chi connectivity index (χ0v) is 18.2. The van der Waals surface area contributed by atoms with E-state index in [0.717, 1.165) is 18.2 Å². The molecule has 0 saturated heterocycles. The van der Waals surface area contributed by atoms with Crippen LogP contribution in [0.4, 0.5) is 30.7 Å². The monoisotopic (exact) mass is 510 g/mol. The summed E-state index contributed by atoms with van der Waals surface area (Å²) in [5, 5.41) is 11.2. The van der Waals surface area contributed by atoms with Gasteiger partial charge < -0.3 is 14.6 Å². The van der Waals surface area contributed by atoms with Crippen LogP contribution in [0.15, 0.2) is 42.6 Å². The lowest BCUT2D eigenvalue weighted by atomic mass is 9.95. The van der Waals surface area contributed by atoms with Crippen LogP contribution in [0, 0.1) is 23.3 Å². The Balaban J connectivity index is 1.82. The first-order valence-electron chi connectivity index (χ1n) is 10.5. The fraction of sp³-hybridized carbons (Fsp3) is 0.200. The Morgan fingerprint density at radius 2 is 1.61 bits per heavy atom. The molecule has 4 nitrogen and oxygen atoms in total. The van der Waals surface area contributed by atoms with Gasteiger partial charge in [-0.15, -0.1) is 0 Å². The number of hydrogen-bond donors (Lipinski definition) is 0. The molecule has 0 N–H and O–H groups in total. The minimum absolute atomic E-state index is 0.145. The third-order valence-corrected chi connectivity index (χ3v) is 5.75. The van der Waals surface area contributed by atoms with Gasteiger partial charge in [0.15, 0.2) is 11.6 Å². The average Bonchev–Trinajstić information content (AvgIpc) is 3.31. The number of aromatic nitrogens is 1. The first-order valence-corrected chi connectivity index (χ1v) is 10.5. The Kier molecular flexibility index (Phi) is 6.75. The van der Waals surface area contributed by atoms with Gasteiger partial charge in [0.05, 0.1) is 17.1 Å². The van der Waals surface area contributed by atoms with Crippen LogP contribution in [0.3, 0.4) is 0 Å². The van der Waals surface area contributed by atoms with Gasteiger partial charge in [0.1, 0.15) is 18.2 Å². The smallest absolute Gasteiger partial charge is 0.417 e. The Bertz CT molecular complexity index is 1380. The highest BCUT2D eigenvalue weighted by molar-refractivity contribution is 5.96. The van der Waals surface area contributed by atoms with Crippen molar-refractivity contribution in [1.82, 2.24) is 4.98 Å². The maximum atomic E-state index is 14.0. The summed E-state index contributed by atoms with van der Waals surface area (Å²) in [4.78, 5) is 14.9. The van der Waals surface area contributed by atoms with Crippen molar-refractivity contribution >= 4 is 17.1 Å². The SMILES string of the molecule is O=C([O-])c1cc(C2=C(c3cc(C(F)(F)F)cnc3OCc3c(F)ccc(F)c3F)CCC2)ccc1F. The molecule has 4 rings (SSSR count). The minimum atomic E-state index is -4.78. The number of rotatable bonds is 6. The maximum Gasteiger partial charge on any atom is 0.417 e. The molecule has 1 aliphatic rings. The predicted octanol–water partition coefficient (Wildman–Crippen LogP) is 5.69. The fourth-order valence-corrected chi connectivity index (χ4v) is 4.01. The van der Waals surface area contributed by atoms with Crippen molar-refractivity contribution in [2.75, 3.05) is 0 Å². The van der Waals surface area contributed by atoms with Gasteiger partial charge in [-0.2, -0.15) is 13.2 Å². The number of allylic oxidation sites excluding steroid dienone is 2. The molecule has 1 aromatic heterocycles. The molecule has 0 fully saturated rings. The number of carboxylic acid groups (broad SMARTS) is 1. The topological polar surface area (TPSA) is 62.2 Å². The highest BCUT2D eigenvalue weighted by Crippen LogP contribution is 2.44. The Labute approximate surface area is 199 Å². The summed E-state index contributed by atoms with van der Waals surface area (Å²) < 4.78 is 101. The zero-order chi connectivity index (χ0) is 26.2. The van der Waals surface area contributed by atoms with E-state index >= 15 is 0 Å². The minimum Gasteiger partial charge on any atom is -0.545 e. The van der Waals surface area contributed by atoms with E-state index in [9.17, 15) is 40.6 Å². The zero-order valence-electron chi connectivity index (χ0n) is 18.2. The summed E-state index contributed by atoms with van der Waals surface area (Å²) in [6, 6.07) is 5.21. The second-order valence-corrected chi connectivity index (χ2v) is 7.98. The Morgan fingerprint density at radius 1 is 0.944 bits per heavy atom. The second kappa shape index (κ2) is 9.63. The fourth-order valence-electron chi connectivity index (χ4n) is 4.01. The molecule has 0 aliphatic heterocycles. The number of halogens is 7. The molecule has 1 aliphatic carbocycles. The van der Waals surface area contributed by atoms with Gasteiger partial charge in [-0.05, 0) is 66.3 Å². The van der Waals surface area contributed by atoms with Crippen molar-refractivity contribution in [3.05, 3.63) is 93.7 Å². The van der Waals surface area contributed by atoms with Crippen molar-refractivity contribution < 1.29 is 45.4 Å².